The number of amides is 2. The highest BCUT2D eigenvalue weighted by molar-refractivity contribution is 7.80. The molecule has 106 valence electrons. The Morgan fingerprint density at radius 2 is 1.75 bits per heavy atom. The molecule has 20 heavy (non-hydrogen) atoms. The van der Waals surface area contributed by atoms with Gasteiger partial charge in [-0.15, -0.1) is 0 Å². The van der Waals surface area contributed by atoms with Gasteiger partial charge in [0, 0.05) is 0 Å². The van der Waals surface area contributed by atoms with Crippen LogP contribution >= 0.6 is 12.2 Å². The highest BCUT2D eigenvalue weighted by Gasteiger charge is 2.32. The molecule has 2 rings (SSSR count). The smallest absolute Gasteiger partial charge is 0.239 e. The molecule has 6 nitrogen and oxygen atoms in total. The lowest BCUT2D eigenvalue weighted by Gasteiger charge is -2.22. The molecule has 3 N–H and O–H groups in total. The van der Waals surface area contributed by atoms with E-state index in [0.29, 0.717) is 12.2 Å². The number of carbonyl (C=O) groups is 2. The summed E-state index contributed by atoms with van der Waals surface area (Å²) in [5.74, 6) is -0.939. The van der Waals surface area contributed by atoms with E-state index in [0.717, 1.165) is 5.56 Å². The van der Waals surface area contributed by atoms with Crippen molar-refractivity contribution < 1.29 is 19.4 Å². The monoisotopic (exact) mass is 294 g/mol. The molecular formula is C13H14N2O4S. The van der Waals surface area contributed by atoms with Gasteiger partial charge in [-0.3, -0.25) is 9.59 Å². The molecule has 0 radical (unpaired) electrons. The lowest BCUT2D eigenvalue weighted by atomic mass is 9.96. The van der Waals surface area contributed by atoms with Gasteiger partial charge in [-0.25, -0.2) is 0 Å². The summed E-state index contributed by atoms with van der Waals surface area (Å²) in [5, 5.41) is 13.6. The molecule has 0 aliphatic carbocycles. The van der Waals surface area contributed by atoms with Gasteiger partial charge in [0.1, 0.15) is 18.3 Å². The standard InChI is InChI=1S/C13H14N2O4S/c16-5-6-19-9-3-1-8(2-4-9)7-10-11(17)14-13(20)15-12(10)18/h1-4,10,16H,5-7H2,(H2,14,15,17,18,20). The molecule has 1 aromatic rings. The van der Waals surface area contributed by atoms with Crippen LogP contribution in [0.5, 0.6) is 5.75 Å². The van der Waals surface area contributed by atoms with Gasteiger partial charge in [-0.05, 0) is 36.3 Å². The Labute approximate surface area is 121 Å². The van der Waals surface area contributed by atoms with Gasteiger partial charge in [0.15, 0.2) is 5.11 Å². The molecule has 1 heterocycles. The normalized spacial score (nSPS) is 15.8. The summed E-state index contributed by atoms with van der Waals surface area (Å²) in [6.07, 6.45) is 0.292. The topological polar surface area (TPSA) is 87.7 Å². The first-order valence-corrected chi connectivity index (χ1v) is 6.49. The number of ether oxygens (including phenoxy) is 1. The van der Waals surface area contributed by atoms with Gasteiger partial charge < -0.3 is 20.5 Å². The molecule has 0 unspecified atom stereocenters. The minimum Gasteiger partial charge on any atom is -0.491 e. The summed E-state index contributed by atoms with van der Waals surface area (Å²) in [4.78, 5) is 23.4. The Morgan fingerprint density at radius 3 is 2.30 bits per heavy atom. The molecule has 1 saturated heterocycles. The summed E-state index contributed by atoms with van der Waals surface area (Å²) in [5.41, 5.74) is 0.837. The van der Waals surface area contributed by atoms with Crippen LogP contribution in [0.25, 0.3) is 0 Å². The van der Waals surface area contributed by atoms with E-state index in [4.69, 9.17) is 22.1 Å². The number of nitrogens with one attached hydrogen (secondary N) is 2. The maximum atomic E-state index is 11.7. The van der Waals surface area contributed by atoms with Crippen LogP contribution in [0.15, 0.2) is 24.3 Å². The zero-order chi connectivity index (χ0) is 14.5. The van der Waals surface area contributed by atoms with Crippen LogP contribution in [0.4, 0.5) is 0 Å². The third-order valence-corrected chi connectivity index (χ3v) is 3.03. The van der Waals surface area contributed by atoms with Gasteiger partial charge in [0.05, 0.1) is 6.61 Å². The molecule has 1 aliphatic heterocycles. The SMILES string of the molecule is O=C1NC(=S)NC(=O)C1Cc1ccc(OCCO)cc1. The van der Waals surface area contributed by atoms with E-state index in [1.54, 1.807) is 24.3 Å². The van der Waals surface area contributed by atoms with Crippen molar-refractivity contribution >= 4 is 29.1 Å². The van der Waals surface area contributed by atoms with Crippen molar-refractivity contribution in [2.24, 2.45) is 5.92 Å². The summed E-state index contributed by atoms with van der Waals surface area (Å²) in [6, 6.07) is 7.02. The number of benzene rings is 1. The quantitative estimate of drug-likeness (QED) is 0.515. The van der Waals surface area contributed by atoms with Crippen molar-refractivity contribution in [1.82, 2.24) is 10.6 Å². The number of aliphatic hydroxyl groups excluding tert-OH is 1. The largest absolute Gasteiger partial charge is 0.491 e. The van der Waals surface area contributed by atoms with E-state index in [2.05, 4.69) is 10.6 Å². The van der Waals surface area contributed by atoms with Crippen molar-refractivity contribution in [2.45, 2.75) is 6.42 Å². The van der Waals surface area contributed by atoms with Crippen LogP contribution in [0.1, 0.15) is 5.56 Å². The van der Waals surface area contributed by atoms with E-state index < -0.39 is 5.92 Å². The molecule has 0 bridgehead atoms. The van der Waals surface area contributed by atoms with Crippen LogP contribution in [0.2, 0.25) is 0 Å². The Kier molecular flexibility index (Phi) is 4.65. The first kappa shape index (κ1) is 14.4. The Morgan fingerprint density at radius 1 is 1.15 bits per heavy atom. The predicted molar refractivity (Wildman–Crippen MR) is 75.1 cm³/mol. The second-order valence-electron chi connectivity index (χ2n) is 4.28. The Bertz CT molecular complexity index is 510. The first-order chi connectivity index (χ1) is 9.60. The second kappa shape index (κ2) is 6.44. The second-order valence-corrected chi connectivity index (χ2v) is 4.69. The molecule has 1 fully saturated rings. The van der Waals surface area contributed by atoms with E-state index >= 15 is 0 Å². The lowest BCUT2D eigenvalue weighted by Crippen LogP contribution is -2.56. The van der Waals surface area contributed by atoms with Crippen molar-refractivity contribution in [3.8, 4) is 5.75 Å². The van der Waals surface area contributed by atoms with E-state index in [1.807, 2.05) is 0 Å². The average molecular weight is 294 g/mol. The maximum absolute atomic E-state index is 11.7. The summed E-state index contributed by atoms with van der Waals surface area (Å²) < 4.78 is 5.23. The van der Waals surface area contributed by atoms with Crippen molar-refractivity contribution in [1.29, 1.82) is 0 Å². The molecule has 2 amide bonds. The Hall–Kier alpha value is -1.99. The molecule has 7 heteroatoms. The van der Waals surface area contributed by atoms with Crippen LogP contribution in [-0.4, -0.2) is 35.2 Å². The summed E-state index contributed by atoms with van der Waals surface area (Å²) >= 11 is 4.73. The fourth-order valence-electron chi connectivity index (χ4n) is 1.85. The zero-order valence-electron chi connectivity index (χ0n) is 10.6. The predicted octanol–water partition coefficient (Wildman–Crippen LogP) is -0.253. The van der Waals surface area contributed by atoms with Crippen LogP contribution in [-0.2, 0) is 16.0 Å². The molecule has 0 aromatic heterocycles. The first-order valence-electron chi connectivity index (χ1n) is 6.08. The number of carbonyl (C=O) groups excluding carboxylic acids is 2. The van der Waals surface area contributed by atoms with E-state index in [-0.39, 0.29) is 30.1 Å². The molecular weight excluding hydrogens is 280 g/mol. The van der Waals surface area contributed by atoms with Gasteiger partial charge in [0.25, 0.3) is 0 Å². The minimum atomic E-state index is -0.786. The Balaban J connectivity index is 2.00. The van der Waals surface area contributed by atoms with Crippen LogP contribution in [0.3, 0.4) is 0 Å². The molecule has 0 saturated carbocycles. The fourth-order valence-corrected chi connectivity index (χ4v) is 2.06. The molecule has 1 aromatic carbocycles. The van der Waals surface area contributed by atoms with Gasteiger partial charge >= 0.3 is 0 Å². The number of thiocarbonyl (C=S) groups is 1. The number of aliphatic hydroxyl groups is 1. The van der Waals surface area contributed by atoms with Gasteiger partial charge in [0.2, 0.25) is 11.8 Å². The van der Waals surface area contributed by atoms with Crippen molar-refractivity contribution in [2.75, 3.05) is 13.2 Å². The lowest BCUT2D eigenvalue weighted by molar-refractivity contribution is -0.135. The average Bonchev–Trinajstić information content (AvgIpc) is 2.42. The third kappa shape index (κ3) is 3.52. The maximum Gasteiger partial charge on any atom is 0.239 e. The zero-order valence-corrected chi connectivity index (χ0v) is 11.4. The van der Waals surface area contributed by atoms with E-state index in [1.165, 1.54) is 0 Å². The number of hydrogen-bond acceptors (Lipinski definition) is 5. The van der Waals surface area contributed by atoms with Crippen molar-refractivity contribution in [3.63, 3.8) is 0 Å². The number of rotatable bonds is 5. The fraction of sp³-hybridized carbons (Fsp3) is 0.308. The van der Waals surface area contributed by atoms with Crippen molar-refractivity contribution in [3.05, 3.63) is 29.8 Å². The minimum absolute atomic E-state index is 0.0454. The molecule has 1 aliphatic rings. The van der Waals surface area contributed by atoms with E-state index in [9.17, 15) is 9.59 Å². The summed E-state index contributed by atoms with van der Waals surface area (Å²) in [7, 11) is 0. The molecule has 0 atom stereocenters. The highest BCUT2D eigenvalue weighted by atomic mass is 32.1. The van der Waals surface area contributed by atoms with Gasteiger partial charge in [-0.1, -0.05) is 12.1 Å². The molecule has 0 spiro atoms. The van der Waals surface area contributed by atoms with Crippen LogP contribution < -0.4 is 15.4 Å². The number of hydrogen-bond donors (Lipinski definition) is 3. The highest BCUT2D eigenvalue weighted by Crippen LogP contribution is 2.16. The van der Waals surface area contributed by atoms with Crippen LogP contribution in [0, 0.1) is 5.92 Å². The third-order valence-electron chi connectivity index (χ3n) is 2.83. The summed E-state index contributed by atoms with van der Waals surface area (Å²) in [6.45, 7) is 0.175. The van der Waals surface area contributed by atoms with Gasteiger partial charge in [-0.2, -0.15) is 0 Å².